The van der Waals surface area contributed by atoms with E-state index in [0.717, 1.165) is 19.3 Å². The molecule has 1 aliphatic rings. The highest BCUT2D eigenvalue weighted by Crippen LogP contribution is 2.27. The lowest BCUT2D eigenvalue weighted by atomic mass is 9.85. The zero-order valence-corrected chi connectivity index (χ0v) is 13.3. The van der Waals surface area contributed by atoms with Crippen molar-refractivity contribution in [1.82, 2.24) is 19.9 Å². The molecular formula is C16H22N4O3. The summed E-state index contributed by atoms with van der Waals surface area (Å²) in [5.74, 6) is -0.266. The van der Waals surface area contributed by atoms with Gasteiger partial charge in [0.2, 0.25) is 5.91 Å². The topological polar surface area (TPSA) is 99.5 Å². The van der Waals surface area contributed by atoms with Gasteiger partial charge >= 0.3 is 0 Å². The average molecular weight is 318 g/mol. The first-order chi connectivity index (χ1) is 11.0. The Hall–Kier alpha value is -2.15. The van der Waals surface area contributed by atoms with Crippen molar-refractivity contribution < 1.29 is 9.90 Å². The predicted octanol–water partition coefficient (Wildman–Crippen LogP) is 0.685. The number of aromatic amines is 1. The normalized spacial score (nSPS) is 17.3. The van der Waals surface area contributed by atoms with Gasteiger partial charge in [0.15, 0.2) is 5.65 Å². The third-order valence-corrected chi connectivity index (χ3v) is 4.58. The molecule has 2 aromatic heterocycles. The molecule has 2 heterocycles. The highest BCUT2D eigenvalue weighted by Gasteiger charge is 2.29. The maximum absolute atomic E-state index is 12.4. The van der Waals surface area contributed by atoms with Gasteiger partial charge in [0, 0.05) is 30.1 Å². The molecular weight excluding hydrogens is 296 g/mol. The highest BCUT2D eigenvalue weighted by atomic mass is 16.3. The molecule has 3 rings (SSSR count). The molecule has 1 fully saturated rings. The third kappa shape index (κ3) is 3.29. The van der Waals surface area contributed by atoms with Crippen molar-refractivity contribution in [3.63, 3.8) is 0 Å². The molecule has 0 radical (unpaired) electrons. The molecule has 1 amide bonds. The lowest BCUT2D eigenvalue weighted by Crippen LogP contribution is -2.45. The Bertz CT molecular complexity index is 771. The summed E-state index contributed by atoms with van der Waals surface area (Å²) in [5, 5.41) is 16.0. The van der Waals surface area contributed by atoms with Crippen LogP contribution in [0.1, 0.15) is 43.4 Å². The van der Waals surface area contributed by atoms with Crippen LogP contribution < -0.4 is 10.9 Å². The number of carbonyl (C=O) groups excluding carboxylic acids is 1. The number of rotatable bonds is 4. The van der Waals surface area contributed by atoms with Gasteiger partial charge in [-0.15, -0.1) is 0 Å². The van der Waals surface area contributed by atoms with Crippen LogP contribution in [-0.2, 0) is 11.2 Å². The van der Waals surface area contributed by atoms with E-state index >= 15 is 0 Å². The summed E-state index contributed by atoms with van der Waals surface area (Å²) in [7, 11) is 0. The van der Waals surface area contributed by atoms with Crippen LogP contribution in [-0.4, -0.2) is 37.8 Å². The van der Waals surface area contributed by atoms with E-state index < -0.39 is 5.60 Å². The van der Waals surface area contributed by atoms with E-state index in [4.69, 9.17) is 0 Å². The number of fused-ring (bicyclic) bond motifs is 1. The molecule has 0 atom stereocenters. The first-order valence-electron chi connectivity index (χ1n) is 8.03. The summed E-state index contributed by atoms with van der Waals surface area (Å²) >= 11 is 0. The number of nitrogens with zero attached hydrogens (tertiary/aromatic N) is 2. The maximum Gasteiger partial charge on any atom is 0.276 e. The molecule has 7 nitrogen and oxygen atoms in total. The number of hydrogen-bond donors (Lipinski definition) is 3. The minimum Gasteiger partial charge on any atom is -0.388 e. The van der Waals surface area contributed by atoms with E-state index in [1.807, 2.05) is 0 Å². The summed E-state index contributed by atoms with van der Waals surface area (Å²) in [6.07, 6.45) is 6.13. The maximum atomic E-state index is 12.4. The lowest BCUT2D eigenvalue weighted by Gasteiger charge is -2.32. The number of hydrogen-bond acceptors (Lipinski definition) is 4. The fourth-order valence-electron chi connectivity index (χ4n) is 3.18. The second-order valence-electron chi connectivity index (χ2n) is 6.38. The van der Waals surface area contributed by atoms with Crippen LogP contribution >= 0.6 is 0 Å². The minimum absolute atomic E-state index is 0.0320. The molecule has 0 saturated heterocycles. The quantitative estimate of drug-likeness (QED) is 0.772. The number of aryl methyl sites for hydroxylation is 1. The van der Waals surface area contributed by atoms with Crippen molar-refractivity contribution in [2.45, 2.75) is 51.0 Å². The van der Waals surface area contributed by atoms with Crippen molar-refractivity contribution in [2.75, 3.05) is 6.54 Å². The molecule has 124 valence electrons. The molecule has 1 saturated carbocycles. The van der Waals surface area contributed by atoms with Crippen molar-refractivity contribution in [3.05, 3.63) is 33.9 Å². The Morgan fingerprint density at radius 3 is 2.91 bits per heavy atom. The number of aliphatic hydroxyl groups is 1. The summed E-state index contributed by atoms with van der Waals surface area (Å²) in [6.45, 7) is 1.97. The molecule has 0 bridgehead atoms. The van der Waals surface area contributed by atoms with Crippen LogP contribution in [0.3, 0.4) is 0 Å². The van der Waals surface area contributed by atoms with Gasteiger partial charge in [-0.25, -0.2) is 9.50 Å². The van der Waals surface area contributed by atoms with Crippen LogP contribution in [0, 0.1) is 6.92 Å². The van der Waals surface area contributed by atoms with Gasteiger partial charge in [0.05, 0.1) is 12.0 Å². The first kappa shape index (κ1) is 15.7. The van der Waals surface area contributed by atoms with E-state index in [1.54, 1.807) is 19.2 Å². The fraction of sp³-hybridized carbons (Fsp3) is 0.562. The van der Waals surface area contributed by atoms with E-state index in [0.29, 0.717) is 29.7 Å². The Labute approximate surface area is 133 Å². The molecule has 0 aliphatic heterocycles. The number of carbonyl (C=O) groups is 1. The zero-order valence-electron chi connectivity index (χ0n) is 13.3. The van der Waals surface area contributed by atoms with Gasteiger partial charge in [-0.1, -0.05) is 19.3 Å². The average Bonchev–Trinajstić information content (AvgIpc) is 2.99. The molecule has 0 unspecified atom stereocenters. The summed E-state index contributed by atoms with van der Waals surface area (Å²) in [4.78, 5) is 28.9. The summed E-state index contributed by atoms with van der Waals surface area (Å²) in [6, 6.07) is 1.71. The van der Waals surface area contributed by atoms with E-state index in [2.05, 4.69) is 15.4 Å². The third-order valence-electron chi connectivity index (χ3n) is 4.58. The van der Waals surface area contributed by atoms with Gasteiger partial charge in [0.25, 0.3) is 5.56 Å². The smallest absolute Gasteiger partial charge is 0.276 e. The monoisotopic (exact) mass is 318 g/mol. The van der Waals surface area contributed by atoms with Crippen LogP contribution in [0.15, 0.2) is 17.1 Å². The van der Waals surface area contributed by atoms with Crippen molar-refractivity contribution in [3.8, 4) is 0 Å². The number of amides is 1. The van der Waals surface area contributed by atoms with Gasteiger partial charge in [-0.05, 0) is 19.8 Å². The number of H-pyrrole nitrogens is 1. The minimum atomic E-state index is -0.806. The van der Waals surface area contributed by atoms with Gasteiger partial charge in [-0.2, -0.15) is 0 Å². The first-order valence-corrected chi connectivity index (χ1v) is 8.03. The standard InChI is InChI=1S/C16H22N4O3/c1-11-12(15(22)20-13(19-11)5-8-18-20)9-14(21)17-10-16(23)6-3-2-4-7-16/h5,8,18,23H,2-4,6-7,9-10H2,1H3,(H,17,21). The summed E-state index contributed by atoms with van der Waals surface area (Å²) in [5.41, 5.74) is 0.399. The van der Waals surface area contributed by atoms with E-state index in [1.165, 1.54) is 4.52 Å². The lowest BCUT2D eigenvalue weighted by molar-refractivity contribution is -0.122. The van der Waals surface area contributed by atoms with Crippen molar-refractivity contribution in [1.29, 1.82) is 0 Å². The predicted molar refractivity (Wildman–Crippen MR) is 85.3 cm³/mol. The van der Waals surface area contributed by atoms with Crippen LogP contribution in [0.4, 0.5) is 0 Å². The second-order valence-corrected chi connectivity index (χ2v) is 6.38. The van der Waals surface area contributed by atoms with Crippen LogP contribution in [0.2, 0.25) is 0 Å². The van der Waals surface area contributed by atoms with Crippen LogP contribution in [0.5, 0.6) is 0 Å². The number of nitrogens with one attached hydrogen (secondary N) is 2. The second kappa shape index (κ2) is 6.16. The van der Waals surface area contributed by atoms with Crippen molar-refractivity contribution in [2.24, 2.45) is 0 Å². The highest BCUT2D eigenvalue weighted by molar-refractivity contribution is 5.78. The van der Waals surface area contributed by atoms with E-state index in [9.17, 15) is 14.7 Å². The SMILES string of the molecule is Cc1nc2cc[nH]n2c(=O)c1CC(=O)NCC1(O)CCCCC1. The Morgan fingerprint density at radius 2 is 2.17 bits per heavy atom. The molecule has 0 aromatic carbocycles. The van der Waals surface area contributed by atoms with E-state index in [-0.39, 0.29) is 24.4 Å². The van der Waals surface area contributed by atoms with Gasteiger partial charge in [0.1, 0.15) is 0 Å². The Balaban J connectivity index is 1.69. The van der Waals surface area contributed by atoms with Crippen LogP contribution in [0.25, 0.3) is 5.65 Å². The number of aromatic nitrogens is 3. The largest absolute Gasteiger partial charge is 0.388 e. The zero-order chi connectivity index (χ0) is 16.4. The molecule has 7 heteroatoms. The molecule has 23 heavy (non-hydrogen) atoms. The fourth-order valence-corrected chi connectivity index (χ4v) is 3.18. The van der Waals surface area contributed by atoms with Crippen molar-refractivity contribution >= 4 is 11.6 Å². The molecule has 0 spiro atoms. The molecule has 3 N–H and O–H groups in total. The molecule has 2 aromatic rings. The van der Waals surface area contributed by atoms with Gasteiger partial charge in [-0.3, -0.25) is 14.7 Å². The van der Waals surface area contributed by atoms with Gasteiger partial charge < -0.3 is 10.4 Å². The molecule has 1 aliphatic carbocycles. The summed E-state index contributed by atoms with van der Waals surface area (Å²) < 4.78 is 1.32. The Kier molecular flexibility index (Phi) is 4.21. The Morgan fingerprint density at radius 1 is 1.43 bits per heavy atom.